The summed E-state index contributed by atoms with van der Waals surface area (Å²) < 4.78 is 2.21. The molecule has 11 nitrogen and oxygen atoms in total. The number of hydrogen-bond donors (Lipinski definition) is 4. The Morgan fingerprint density at radius 2 is 1.04 bits per heavy atom. The summed E-state index contributed by atoms with van der Waals surface area (Å²) in [5.74, 6) is 0. The average molecular weight is 350 g/mol. The van der Waals surface area contributed by atoms with Gasteiger partial charge in [-0.3, -0.25) is 0 Å². The predicted octanol–water partition coefficient (Wildman–Crippen LogP) is -2.12. The van der Waals surface area contributed by atoms with Crippen molar-refractivity contribution in [2.75, 3.05) is 20.1 Å². The van der Waals surface area contributed by atoms with E-state index in [1.54, 1.807) is 0 Å². The quantitative estimate of drug-likeness (QED) is 0.430. The first kappa shape index (κ1) is 18.8. The number of aromatic amines is 4. The Balaban J connectivity index is 0.00000264. The second-order valence-corrected chi connectivity index (χ2v) is 5.03. The highest BCUT2D eigenvalue weighted by atomic mass is 35.5. The summed E-state index contributed by atoms with van der Waals surface area (Å²) in [6, 6.07) is 0. The first-order valence-electron chi connectivity index (χ1n) is 6.92. The number of aromatic nitrogens is 6. The Morgan fingerprint density at radius 3 is 1.35 bits per heavy atom. The summed E-state index contributed by atoms with van der Waals surface area (Å²) in [5.41, 5.74) is -1.78. The fourth-order valence-electron chi connectivity index (χ4n) is 2.18. The standard InChI is InChI=1S/C11H19N7O4.ClH/c1-16(4-2-6-17-8(19)12-13-9(17)20)5-3-7-18-10(21)14-15-11(18)22;/h2-7H2,1H3,(H,12,19)(H,13,20)(H,14,21)(H,15,22);1H. The van der Waals surface area contributed by atoms with Gasteiger partial charge < -0.3 is 4.90 Å². The second-order valence-electron chi connectivity index (χ2n) is 5.03. The van der Waals surface area contributed by atoms with E-state index in [9.17, 15) is 19.2 Å². The van der Waals surface area contributed by atoms with E-state index in [2.05, 4.69) is 20.4 Å². The minimum absolute atomic E-state index is 0. The van der Waals surface area contributed by atoms with Crippen molar-refractivity contribution >= 4 is 12.4 Å². The van der Waals surface area contributed by atoms with Crippen LogP contribution in [-0.4, -0.2) is 54.6 Å². The Kier molecular flexibility index (Phi) is 6.85. The molecule has 130 valence electrons. The van der Waals surface area contributed by atoms with Crippen LogP contribution in [0.1, 0.15) is 12.8 Å². The monoisotopic (exact) mass is 349 g/mol. The molecule has 0 bridgehead atoms. The van der Waals surface area contributed by atoms with E-state index in [0.717, 1.165) is 9.13 Å². The van der Waals surface area contributed by atoms with E-state index >= 15 is 0 Å². The van der Waals surface area contributed by atoms with Crippen LogP contribution in [-0.2, 0) is 13.1 Å². The smallest absolute Gasteiger partial charge is 0.306 e. The van der Waals surface area contributed by atoms with Crippen molar-refractivity contribution in [1.82, 2.24) is 34.4 Å². The topological polar surface area (TPSA) is 145 Å². The van der Waals surface area contributed by atoms with Gasteiger partial charge in [0.1, 0.15) is 0 Å². The highest BCUT2D eigenvalue weighted by Crippen LogP contribution is 1.92. The first-order valence-corrected chi connectivity index (χ1v) is 6.92. The molecule has 0 spiro atoms. The predicted molar refractivity (Wildman–Crippen MR) is 85.3 cm³/mol. The van der Waals surface area contributed by atoms with Crippen molar-refractivity contribution in [2.24, 2.45) is 0 Å². The van der Waals surface area contributed by atoms with Crippen molar-refractivity contribution in [3.05, 3.63) is 41.9 Å². The molecule has 0 unspecified atom stereocenters. The molecule has 0 atom stereocenters. The Labute approximate surface area is 135 Å². The van der Waals surface area contributed by atoms with Crippen molar-refractivity contribution in [1.29, 1.82) is 0 Å². The zero-order chi connectivity index (χ0) is 16.1. The van der Waals surface area contributed by atoms with Crippen LogP contribution in [0.3, 0.4) is 0 Å². The minimum atomic E-state index is -0.446. The normalized spacial score (nSPS) is 10.9. The molecule has 0 saturated heterocycles. The van der Waals surface area contributed by atoms with Crippen LogP contribution in [0.5, 0.6) is 0 Å². The fourth-order valence-corrected chi connectivity index (χ4v) is 2.18. The SMILES string of the molecule is CN(CCCn1c(=O)[nH][nH]c1=O)CCCn1c(=O)[nH][nH]c1=O.Cl. The Hall–Kier alpha value is -2.27. The van der Waals surface area contributed by atoms with E-state index in [1.165, 1.54) is 0 Å². The molecule has 0 fully saturated rings. The molecule has 0 aromatic carbocycles. The molecule has 2 heterocycles. The summed E-state index contributed by atoms with van der Waals surface area (Å²) >= 11 is 0. The van der Waals surface area contributed by atoms with Gasteiger partial charge in [-0.2, -0.15) is 0 Å². The molecule has 0 aliphatic rings. The van der Waals surface area contributed by atoms with Crippen LogP contribution in [0, 0.1) is 0 Å². The number of H-pyrrole nitrogens is 4. The summed E-state index contributed by atoms with van der Waals surface area (Å²) in [6.07, 6.45) is 1.28. The Bertz CT molecular complexity index is 699. The summed E-state index contributed by atoms with van der Waals surface area (Å²) in [7, 11) is 1.90. The van der Waals surface area contributed by atoms with Crippen molar-refractivity contribution < 1.29 is 0 Å². The van der Waals surface area contributed by atoms with Gasteiger partial charge in [0, 0.05) is 13.1 Å². The van der Waals surface area contributed by atoms with Crippen LogP contribution >= 0.6 is 12.4 Å². The minimum Gasteiger partial charge on any atom is -0.306 e. The van der Waals surface area contributed by atoms with Gasteiger partial charge in [0.15, 0.2) is 0 Å². The third-order valence-corrected chi connectivity index (χ3v) is 3.38. The van der Waals surface area contributed by atoms with E-state index in [1.807, 2.05) is 11.9 Å². The van der Waals surface area contributed by atoms with E-state index in [4.69, 9.17) is 0 Å². The number of nitrogens with zero attached hydrogens (tertiary/aromatic N) is 3. The molecule has 4 N–H and O–H groups in total. The largest absolute Gasteiger partial charge is 0.344 e. The van der Waals surface area contributed by atoms with Gasteiger partial charge in [-0.05, 0) is 33.0 Å². The lowest BCUT2D eigenvalue weighted by Crippen LogP contribution is -2.31. The van der Waals surface area contributed by atoms with Gasteiger partial charge in [0.2, 0.25) is 0 Å². The number of rotatable bonds is 8. The maximum Gasteiger partial charge on any atom is 0.344 e. The average Bonchev–Trinajstić information content (AvgIpc) is 2.96. The molecular formula is C11H20ClN7O4. The van der Waals surface area contributed by atoms with Crippen LogP contribution in [0.2, 0.25) is 0 Å². The molecule has 0 radical (unpaired) electrons. The molecule has 2 aromatic heterocycles. The van der Waals surface area contributed by atoms with Gasteiger partial charge in [0.25, 0.3) is 0 Å². The molecule has 0 amide bonds. The molecule has 12 heteroatoms. The summed E-state index contributed by atoms with van der Waals surface area (Å²) in [5, 5.41) is 8.90. The highest BCUT2D eigenvalue weighted by molar-refractivity contribution is 5.85. The van der Waals surface area contributed by atoms with Crippen LogP contribution in [0.25, 0.3) is 0 Å². The second kappa shape index (κ2) is 8.39. The van der Waals surface area contributed by atoms with Crippen LogP contribution < -0.4 is 22.8 Å². The van der Waals surface area contributed by atoms with E-state index in [-0.39, 0.29) is 12.4 Å². The molecule has 0 saturated carbocycles. The third-order valence-electron chi connectivity index (χ3n) is 3.38. The van der Waals surface area contributed by atoms with Crippen LogP contribution in [0.4, 0.5) is 0 Å². The molecular weight excluding hydrogens is 330 g/mol. The van der Waals surface area contributed by atoms with Crippen molar-refractivity contribution in [2.45, 2.75) is 25.9 Å². The van der Waals surface area contributed by atoms with Crippen molar-refractivity contribution in [3.8, 4) is 0 Å². The lowest BCUT2D eigenvalue weighted by atomic mass is 10.3. The summed E-state index contributed by atoms with van der Waals surface area (Å²) in [4.78, 5) is 47.1. The number of halogens is 1. The molecule has 2 aromatic rings. The van der Waals surface area contributed by atoms with Gasteiger partial charge in [-0.15, -0.1) is 12.4 Å². The zero-order valence-corrected chi connectivity index (χ0v) is 13.4. The fraction of sp³-hybridized carbons (Fsp3) is 0.636. The van der Waals surface area contributed by atoms with Gasteiger partial charge >= 0.3 is 22.8 Å². The van der Waals surface area contributed by atoms with Gasteiger partial charge in [-0.1, -0.05) is 0 Å². The molecule has 23 heavy (non-hydrogen) atoms. The zero-order valence-electron chi connectivity index (χ0n) is 12.6. The van der Waals surface area contributed by atoms with E-state index in [0.29, 0.717) is 39.0 Å². The maximum absolute atomic E-state index is 11.3. The first-order chi connectivity index (χ1) is 10.5. The van der Waals surface area contributed by atoms with Crippen molar-refractivity contribution in [3.63, 3.8) is 0 Å². The number of hydrogen-bond acceptors (Lipinski definition) is 5. The number of nitrogens with one attached hydrogen (secondary N) is 4. The lowest BCUT2D eigenvalue weighted by molar-refractivity contribution is 0.308. The molecule has 0 aliphatic carbocycles. The third kappa shape index (κ3) is 4.86. The van der Waals surface area contributed by atoms with E-state index < -0.39 is 22.8 Å². The Morgan fingerprint density at radius 1 is 0.739 bits per heavy atom. The highest BCUT2D eigenvalue weighted by Gasteiger charge is 2.05. The summed E-state index contributed by atoms with van der Waals surface area (Å²) in [6.45, 7) is 2.04. The van der Waals surface area contributed by atoms with Gasteiger partial charge in [-0.25, -0.2) is 48.7 Å². The molecule has 0 aliphatic heterocycles. The van der Waals surface area contributed by atoms with Gasteiger partial charge in [0.05, 0.1) is 0 Å². The maximum atomic E-state index is 11.3. The molecule has 2 rings (SSSR count). The lowest BCUT2D eigenvalue weighted by Gasteiger charge is -2.15. The van der Waals surface area contributed by atoms with Crippen LogP contribution in [0.15, 0.2) is 19.2 Å².